The maximum atomic E-state index is 12.9. The largest absolute Gasteiger partial charge is 0.379 e. The molecule has 0 saturated carbocycles. The van der Waals surface area contributed by atoms with Crippen LogP contribution in [0.4, 0.5) is 4.39 Å². The molecular formula is C8H14FN. The van der Waals surface area contributed by atoms with Crippen LogP contribution in [-0.4, -0.2) is 19.0 Å². The van der Waals surface area contributed by atoms with Crippen LogP contribution in [0.5, 0.6) is 0 Å². The van der Waals surface area contributed by atoms with E-state index in [1.165, 1.54) is 0 Å². The molecule has 58 valence electrons. The minimum absolute atomic E-state index is 0.218. The number of hydrogen-bond donors (Lipinski definition) is 0. The molecular weight excluding hydrogens is 129 g/mol. The zero-order valence-corrected chi connectivity index (χ0v) is 7.03. The Morgan fingerprint density at radius 1 is 1.30 bits per heavy atom. The Labute approximate surface area is 61.8 Å². The van der Waals surface area contributed by atoms with Crippen LogP contribution in [0.1, 0.15) is 13.8 Å². The second kappa shape index (κ2) is 3.40. The molecule has 0 atom stereocenters. The first-order valence-corrected chi connectivity index (χ1v) is 3.16. The van der Waals surface area contributed by atoms with Gasteiger partial charge in [0, 0.05) is 19.8 Å². The molecule has 0 aliphatic carbocycles. The summed E-state index contributed by atoms with van der Waals surface area (Å²) in [4.78, 5) is 1.73. The van der Waals surface area contributed by atoms with Crippen LogP contribution in [0.25, 0.3) is 0 Å². The van der Waals surface area contributed by atoms with Crippen LogP contribution in [-0.2, 0) is 0 Å². The minimum Gasteiger partial charge on any atom is -0.379 e. The molecule has 0 fully saturated rings. The number of halogens is 1. The van der Waals surface area contributed by atoms with Crippen molar-refractivity contribution in [2.24, 2.45) is 0 Å². The molecule has 0 N–H and O–H groups in total. The first-order chi connectivity index (χ1) is 4.46. The van der Waals surface area contributed by atoms with E-state index in [-0.39, 0.29) is 5.83 Å². The molecule has 0 spiro atoms. The predicted octanol–water partition coefficient (Wildman–Crippen LogP) is 2.33. The van der Waals surface area contributed by atoms with Gasteiger partial charge in [0.15, 0.2) is 0 Å². The van der Waals surface area contributed by atoms with E-state index in [4.69, 9.17) is 0 Å². The average Bonchev–Trinajstić information content (AvgIpc) is 1.84. The van der Waals surface area contributed by atoms with Gasteiger partial charge >= 0.3 is 0 Å². The molecule has 0 saturated heterocycles. The SMILES string of the molecule is C=C(C)/C(F)=C(/C)N(C)C. The molecule has 0 unspecified atom stereocenters. The van der Waals surface area contributed by atoms with E-state index >= 15 is 0 Å². The van der Waals surface area contributed by atoms with Gasteiger partial charge in [0.2, 0.25) is 0 Å². The molecule has 0 aromatic rings. The van der Waals surface area contributed by atoms with Crippen LogP contribution in [0.2, 0.25) is 0 Å². The maximum absolute atomic E-state index is 12.9. The molecule has 0 aromatic heterocycles. The molecule has 2 heteroatoms. The van der Waals surface area contributed by atoms with E-state index in [1.807, 2.05) is 0 Å². The van der Waals surface area contributed by atoms with Crippen LogP contribution in [0.15, 0.2) is 23.7 Å². The van der Waals surface area contributed by atoms with Crippen molar-refractivity contribution in [2.45, 2.75) is 13.8 Å². The summed E-state index contributed by atoms with van der Waals surface area (Å²) in [6.07, 6.45) is 0. The molecule has 0 aliphatic heterocycles. The van der Waals surface area contributed by atoms with Gasteiger partial charge in [0.05, 0.1) is 0 Å². The van der Waals surface area contributed by atoms with Gasteiger partial charge in [0.25, 0.3) is 0 Å². The highest BCUT2D eigenvalue weighted by molar-refractivity contribution is 5.23. The van der Waals surface area contributed by atoms with Gasteiger partial charge in [-0.2, -0.15) is 0 Å². The molecule has 1 nitrogen and oxygen atoms in total. The van der Waals surface area contributed by atoms with E-state index < -0.39 is 0 Å². The Kier molecular flexibility index (Phi) is 3.13. The van der Waals surface area contributed by atoms with E-state index in [1.54, 1.807) is 32.8 Å². The van der Waals surface area contributed by atoms with E-state index in [9.17, 15) is 4.39 Å². The minimum atomic E-state index is -0.218. The fraction of sp³-hybridized carbons (Fsp3) is 0.500. The van der Waals surface area contributed by atoms with E-state index in [0.29, 0.717) is 11.3 Å². The summed E-state index contributed by atoms with van der Waals surface area (Å²) >= 11 is 0. The van der Waals surface area contributed by atoms with Gasteiger partial charge in [0.1, 0.15) is 5.83 Å². The lowest BCUT2D eigenvalue weighted by molar-refractivity contribution is 0.477. The quantitative estimate of drug-likeness (QED) is 0.536. The normalized spacial score (nSPS) is 12.5. The van der Waals surface area contributed by atoms with Crippen molar-refractivity contribution >= 4 is 0 Å². The van der Waals surface area contributed by atoms with Crippen LogP contribution < -0.4 is 0 Å². The number of allylic oxidation sites excluding steroid dienone is 3. The third-order valence-corrected chi connectivity index (χ3v) is 1.36. The Morgan fingerprint density at radius 2 is 1.70 bits per heavy atom. The van der Waals surface area contributed by atoms with E-state index in [0.717, 1.165) is 0 Å². The molecule has 0 aromatic carbocycles. The second-order valence-electron chi connectivity index (χ2n) is 2.57. The summed E-state index contributed by atoms with van der Waals surface area (Å²) in [6.45, 7) is 6.88. The van der Waals surface area contributed by atoms with Crippen molar-refractivity contribution in [2.75, 3.05) is 14.1 Å². The molecule has 0 rings (SSSR count). The Hall–Kier alpha value is -0.790. The third-order valence-electron chi connectivity index (χ3n) is 1.36. The summed E-state index contributed by atoms with van der Waals surface area (Å²) in [5, 5.41) is 0. The fourth-order valence-electron chi connectivity index (χ4n) is 0.505. The highest BCUT2D eigenvalue weighted by Gasteiger charge is 2.02. The molecule has 10 heavy (non-hydrogen) atoms. The smallest absolute Gasteiger partial charge is 0.144 e. The lowest BCUT2D eigenvalue weighted by Crippen LogP contribution is -2.09. The Balaban J connectivity index is 4.50. The van der Waals surface area contributed by atoms with Gasteiger partial charge in [-0.1, -0.05) is 6.58 Å². The maximum Gasteiger partial charge on any atom is 0.144 e. The van der Waals surface area contributed by atoms with Crippen LogP contribution in [0, 0.1) is 0 Å². The second-order valence-corrected chi connectivity index (χ2v) is 2.57. The highest BCUT2D eigenvalue weighted by Crippen LogP contribution is 2.14. The topological polar surface area (TPSA) is 3.24 Å². The predicted molar refractivity (Wildman–Crippen MR) is 42.3 cm³/mol. The highest BCUT2D eigenvalue weighted by atomic mass is 19.1. The zero-order valence-electron chi connectivity index (χ0n) is 7.03. The Bertz CT molecular complexity index is 168. The number of hydrogen-bond acceptors (Lipinski definition) is 1. The standard InChI is InChI=1S/C8H14FN/c1-6(2)8(9)7(3)10(4)5/h1H2,2-5H3/b8-7+. The van der Waals surface area contributed by atoms with Crippen molar-refractivity contribution in [3.8, 4) is 0 Å². The summed E-state index contributed by atoms with van der Waals surface area (Å²) < 4.78 is 12.9. The van der Waals surface area contributed by atoms with Gasteiger partial charge in [-0.15, -0.1) is 0 Å². The first-order valence-electron chi connectivity index (χ1n) is 3.16. The fourth-order valence-corrected chi connectivity index (χ4v) is 0.505. The Morgan fingerprint density at radius 3 is 1.80 bits per heavy atom. The van der Waals surface area contributed by atoms with Crippen LogP contribution in [0.3, 0.4) is 0 Å². The molecule has 0 heterocycles. The zero-order chi connectivity index (χ0) is 8.31. The molecule has 0 radical (unpaired) electrons. The lowest BCUT2D eigenvalue weighted by atomic mass is 10.2. The van der Waals surface area contributed by atoms with Gasteiger partial charge in [-0.25, -0.2) is 4.39 Å². The van der Waals surface area contributed by atoms with Gasteiger partial charge in [-0.3, -0.25) is 0 Å². The number of rotatable bonds is 2. The van der Waals surface area contributed by atoms with Crippen molar-refractivity contribution in [1.29, 1.82) is 0 Å². The third kappa shape index (κ3) is 2.21. The summed E-state index contributed by atoms with van der Waals surface area (Å²) in [6, 6.07) is 0. The van der Waals surface area contributed by atoms with Crippen LogP contribution >= 0.6 is 0 Å². The summed E-state index contributed by atoms with van der Waals surface area (Å²) in [7, 11) is 3.61. The first kappa shape index (κ1) is 9.21. The summed E-state index contributed by atoms with van der Waals surface area (Å²) in [5.74, 6) is -0.218. The molecule has 0 amide bonds. The average molecular weight is 143 g/mol. The van der Waals surface area contributed by atoms with E-state index in [2.05, 4.69) is 6.58 Å². The molecule has 0 bridgehead atoms. The van der Waals surface area contributed by atoms with Gasteiger partial charge in [-0.05, 0) is 19.4 Å². The molecule has 0 aliphatic rings. The van der Waals surface area contributed by atoms with Crippen molar-refractivity contribution in [3.05, 3.63) is 23.7 Å². The van der Waals surface area contributed by atoms with Crippen molar-refractivity contribution in [3.63, 3.8) is 0 Å². The van der Waals surface area contributed by atoms with Crippen molar-refractivity contribution in [1.82, 2.24) is 4.90 Å². The lowest BCUT2D eigenvalue weighted by Gasteiger charge is -2.13. The number of nitrogens with zero attached hydrogens (tertiary/aromatic N) is 1. The van der Waals surface area contributed by atoms with Crippen molar-refractivity contribution < 1.29 is 4.39 Å². The van der Waals surface area contributed by atoms with Gasteiger partial charge < -0.3 is 4.90 Å². The summed E-state index contributed by atoms with van der Waals surface area (Å²) in [5.41, 5.74) is 1.10. The monoisotopic (exact) mass is 143 g/mol.